The molecular weight excluding hydrogens is 246 g/mol. The van der Waals surface area contributed by atoms with Crippen LogP contribution in [0, 0.1) is 5.92 Å². The van der Waals surface area contributed by atoms with Gasteiger partial charge in [-0.05, 0) is 35.6 Å². The zero-order valence-electron chi connectivity index (χ0n) is 11.4. The van der Waals surface area contributed by atoms with Crippen LogP contribution in [0.4, 0.5) is 0 Å². The highest BCUT2D eigenvalue weighted by molar-refractivity contribution is 5.75. The summed E-state index contributed by atoms with van der Waals surface area (Å²) in [6.07, 6.45) is 5.26. The monoisotopic (exact) mass is 267 g/mol. The number of aromatic nitrogens is 4. The molecule has 19 heavy (non-hydrogen) atoms. The largest absolute Gasteiger partial charge is 0.381 e. The van der Waals surface area contributed by atoms with Crippen molar-refractivity contribution in [3.05, 3.63) is 6.33 Å². The first-order chi connectivity index (χ1) is 9.25. The molecule has 0 atom stereocenters. The van der Waals surface area contributed by atoms with Crippen LogP contribution in [0.3, 0.4) is 0 Å². The molecule has 1 aromatic rings. The molecule has 0 aliphatic carbocycles. The molecule has 0 bridgehead atoms. The lowest BCUT2D eigenvalue weighted by atomic mass is 9.96. The zero-order chi connectivity index (χ0) is 13.5. The predicted octanol–water partition coefficient (Wildman–Crippen LogP) is 0.338. The standard InChI is InChI=1S/C12H21N5O2/c1-16(6-2-11-4-8-19-9-5-11)12(18)3-7-17-10-13-14-15-17/h10-11H,2-9H2,1H3. The van der Waals surface area contributed by atoms with Crippen LogP contribution in [0.1, 0.15) is 25.7 Å². The van der Waals surface area contributed by atoms with Gasteiger partial charge in [-0.2, -0.15) is 0 Å². The van der Waals surface area contributed by atoms with Crippen LogP contribution >= 0.6 is 0 Å². The van der Waals surface area contributed by atoms with E-state index in [9.17, 15) is 4.79 Å². The maximum absolute atomic E-state index is 11.9. The average molecular weight is 267 g/mol. The van der Waals surface area contributed by atoms with Crippen molar-refractivity contribution in [1.82, 2.24) is 25.1 Å². The average Bonchev–Trinajstić information content (AvgIpc) is 2.96. The number of hydrogen-bond acceptors (Lipinski definition) is 5. The minimum Gasteiger partial charge on any atom is -0.381 e. The normalized spacial score (nSPS) is 16.5. The minimum atomic E-state index is 0.141. The molecule has 106 valence electrons. The fourth-order valence-electron chi connectivity index (χ4n) is 2.22. The van der Waals surface area contributed by atoms with E-state index in [1.165, 1.54) is 6.33 Å². The van der Waals surface area contributed by atoms with Gasteiger partial charge in [-0.1, -0.05) is 0 Å². The van der Waals surface area contributed by atoms with Crippen LogP contribution in [0.2, 0.25) is 0 Å². The van der Waals surface area contributed by atoms with Crippen LogP contribution in [-0.2, 0) is 16.1 Å². The van der Waals surface area contributed by atoms with Gasteiger partial charge in [0.15, 0.2) is 0 Å². The molecular formula is C12H21N5O2. The van der Waals surface area contributed by atoms with Gasteiger partial charge in [0.2, 0.25) is 5.91 Å². The Morgan fingerprint density at radius 3 is 2.95 bits per heavy atom. The first kappa shape index (κ1) is 13.9. The Balaban J connectivity index is 1.64. The second-order valence-corrected chi connectivity index (χ2v) is 4.98. The van der Waals surface area contributed by atoms with E-state index >= 15 is 0 Å². The lowest BCUT2D eigenvalue weighted by Gasteiger charge is -2.24. The SMILES string of the molecule is CN(CCC1CCOCC1)C(=O)CCn1cnnn1. The number of tetrazole rings is 1. The third kappa shape index (κ3) is 4.59. The van der Waals surface area contributed by atoms with Gasteiger partial charge in [0.05, 0.1) is 6.54 Å². The molecule has 0 saturated carbocycles. The summed E-state index contributed by atoms with van der Waals surface area (Å²) in [6.45, 7) is 3.08. The molecule has 7 heteroatoms. The Bertz CT molecular complexity index is 375. The molecule has 2 rings (SSSR count). The smallest absolute Gasteiger partial charge is 0.224 e. The van der Waals surface area contributed by atoms with Crippen LogP contribution in [0.15, 0.2) is 6.33 Å². The summed E-state index contributed by atoms with van der Waals surface area (Å²) in [5.41, 5.74) is 0. The summed E-state index contributed by atoms with van der Waals surface area (Å²) < 4.78 is 6.91. The van der Waals surface area contributed by atoms with Gasteiger partial charge in [0.1, 0.15) is 6.33 Å². The highest BCUT2D eigenvalue weighted by Gasteiger charge is 2.16. The Morgan fingerprint density at radius 2 is 2.26 bits per heavy atom. The van der Waals surface area contributed by atoms with Gasteiger partial charge in [-0.15, -0.1) is 5.10 Å². The Morgan fingerprint density at radius 1 is 1.47 bits per heavy atom. The van der Waals surface area contributed by atoms with E-state index in [2.05, 4.69) is 15.5 Å². The molecule has 0 N–H and O–H groups in total. The number of rotatable bonds is 6. The Labute approximate surface area is 112 Å². The van der Waals surface area contributed by atoms with E-state index in [-0.39, 0.29) is 5.91 Å². The van der Waals surface area contributed by atoms with Gasteiger partial charge in [0.25, 0.3) is 0 Å². The van der Waals surface area contributed by atoms with Crippen molar-refractivity contribution in [1.29, 1.82) is 0 Å². The fraction of sp³-hybridized carbons (Fsp3) is 0.833. The number of nitrogens with zero attached hydrogens (tertiary/aromatic N) is 5. The van der Waals surface area contributed by atoms with Crippen molar-refractivity contribution in [3.63, 3.8) is 0 Å². The fourth-order valence-corrected chi connectivity index (χ4v) is 2.22. The van der Waals surface area contributed by atoms with Gasteiger partial charge in [0, 0.05) is 33.2 Å². The van der Waals surface area contributed by atoms with E-state index in [0.717, 1.165) is 39.0 Å². The van der Waals surface area contributed by atoms with Crippen LogP contribution in [-0.4, -0.2) is 57.8 Å². The third-order valence-corrected chi connectivity index (χ3v) is 3.59. The highest BCUT2D eigenvalue weighted by Crippen LogP contribution is 2.18. The zero-order valence-corrected chi connectivity index (χ0v) is 11.4. The Hall–Kier alpha value is -1.50. The molecule has 1 aromatic heterocycles. The van der Waals surface area contributed by atoms with E-state index < -0.39 is 0 Å². The van der Waals surface area contributed by atoms with Crippen molar-refractivity contribution in [2.75, 3.05) is 26.8 Å². The number of amides is 1. The molecule has 2 heterocycles. The third-order valence-electron chi connectivity index (χ3n) is 3.59. The molecule has 0 unspecified atom stereocenters. The second kappa shape index (κ2) is 7.18. The predicted molar refractivity (Wildman–Crippen MR) is 68.2 cm³/mol. The van der Waals surface area contributed by atoms with Crippen LogP contribution < -0.4 is 0 Å². The summed E-state index contributed by atoms with van der Waals surface area (Å²) in [4.78, 5) is 13.7. The number of ether oxygens (including phenoxy) is 1. The van der Waals surface area contributed by atoms with Crippen LogP contribution in [0.5, 0.6) is 0 Å². The lowest BCUT2D eigenvalue weighted by Crippen LogP contribution is -2.30. The van der Waals surface area contributed by atoms with Crippen molar-refractivity contribution >= 4 is 5.91 Å². The topological polar surface area (TPSA) is 73.1 Å². The van der Waals surface area contributed by atoms with Gasteiger partial charge in [-0.25, -0.2) is 4.68 Å². The summed E-state index contributed by atoms with van der Waals surface area (Å²) in [7, 11) is 1.86. The van der Waals surface area contributed by atoms with E-state index in [4.69, 9.17) is 4.74 Å². The van der Waals surface area contributed by atoms with Crippen molar-refractivity contribution in [3.8, 4) is 0 Å². The molecule has 1 aliphatic heterocycles. The molecule has 1 fully saturated rings. The highest BCUT2D eigenvalue weighted by atomic mass is 16.5. The van der Waals surface area contributed by atoms with Crippen molar-refractivity contribution < 1.29 is 9.53 Å². The maximum Gasteiger partial charge on any atom is 0.224 e. The molecule has 1 amide bonds. The van der Waals surface area contributed by atoms with E-state index in [0.29, 0.717) is 18.9 Å². The molecule has 0 aromatic carbocycles. The first-order valence-electron chi connectivity index (χ1n) is 6.78. The van der Waals surface area contributed by atoms with E-state index in [1.54, 1.807) is 9.58 Å². The van der Waals surface area contributed by atoms with Gasteiger partial charge in [-0.3, -0.25) is 4.79 Å². The summed E-state index contributed by atoms with van der Waals surface area (Å²) in [5.74, 6) is 0.839. The van der Waals surface area contributed by atoms with Crippen LogP contribution in [0.25, 0.3) is 0 Å². The van der Waals surface area contributed by atoms with E-state index in [1.807, 2.05) is 7.05 Å². The summed E-state index contributed by atoms with van der Waals surface area (Å²) in [6, 6.07) is 0. The maximum atomic E-state index is 11.9. The second-order valence-electron chi connectivity index (χ2n) is 4.98. The summed E-state index contributed by atoms with van der Waals surface area (Å²) >= 11 is 0. The molecule has 0 spiro atoms. The molecule has 7 nitrogen and oxygen atoms in total. The number of carbonyl (C=O) groups excluding carboxylic acids is 1. The quantitative estimate of drug-likeness (QED) is 0.743. The van der Waals surface area contributed by atoms with Gasteiger partial charge < -0.3 is 9.64 Å². The lowest BCUT2D eigenvalue weighted by molar-refractivity contribution is -0.130. The molecule has 1 saturated heterocycles. The number of aryl methyl sites for hydroxylation is 1. The van der Waals surface area contributed by atoms with Gasteiger partial charge >= 0.3 is 0 Å². The number of carbonyl (C=O) groups is 1. The van der Waals surface area contributed by atoms with Crippen molar-refractivity contribution in [2.24, 2.45) is 5.92 Å². The van der Waals surface area contributed by atoms with Crippen molar-refractivity contribution in [2.45, 2.75) is 32.2 Å². The first-order valence-corrected chi connectivity index (χ1v) is 6.78. The Kier molecular flexibility index (Phi) is 5.26. The summed E-state index contributed by atoms with van der Waals surface area (Å²) in [5, 5.41) is 10.8. The number of hydrogen-bond donors (Lipinski definition) is 0. The molecule has 0 radical (unpaired) electrons. The minimum absolute atomic E-state index is 0.141. The molecule has 1 aliphatic rings.